The van der Waals surface area contributed by atoms with Crippen LogP contribution in [0.5, 0.6) is 0 Å². The fourth-order valence-electron chi connectivity index (χ4n) is 9.33. The van der Waals surface area contributed by atoms with Gasteiger partial charge in [0.2, 0.25) is 5.88 Å². The minimum atomic E-state index is -2.94. The summed E-state index contributed by atoms with van der Waals surface area (Å²) in [5.41, 5.74) is 10.3. The molecule has 2 aliphatic rings. The van der Waals surface area contributed by atoms with Gasteiger partial charge in [0.25, 0.3) is 0 Å². The zero-order valence-electron chi connectivity index (χ0n) is 30.1. The van der Waals surface area contributed by atoms with Gasteiger partial charge < -0.3 is 9.23 Å². The van der Waals surface area contributed by atoms with Crippen molar-refractivity contribution in [2.24, 2.45) is 0 Å². The van der Waals surface area contributed by atoms with E-state index in [-0.39, 0.29) is 6.85 Å². The lowest BCUT2D eigenvalue weighted by Gasteiger charge is -2.46. The van der Waals surface area contributed by atoms with Crippen LogP contribution < -0.4 is 41.4 Å². The molecule has 2 aliphatic heterocycles. The molecule has 0 N–H and O–H groups in total. The maximum absolute atomic E-state index is 7.06. The molecule has 3 heterocycles. The second-order valence-electron chi connectivity index (χ2n) is 14.4. The van der Waals surface area contributed by atoms with E-state index in [1.54, 1.807) is 0 Å². The Kier molecular flexibility index (Phi) is 7.29. The number of benzene rings is 8. The lowest BCUT2D eigenvalue weighted by Crippen LogP contribution is -2.74. The van der Waals surface area contributed by atoms with E-state index in [4.69, 9.17) is 4.42 Å². The van der Waals surface area contributed by atoms with Gasteiger partial charge in [0, 0.05) is 16.6 Å². The number of nitrogens with zero attached hydrogens (tertiary/aromatic N) is 2. The SMILES string of the molecule is c1ccc(B2c3ccccc3-c3cc([Si](c4ccccc4)(c4ccccc4)c4ccccc4)cc4c3N2c2c(oc3ccccc23)N4c2ccccc2)cc1. The molecular weight excluding hydrogens is 683 g/mol. The van der Waals surface area contributed by atoms with E-state index < -0.39 is 8.07 Å². The summed E-state index contributed by atoms with van der Waals surface area (Å²) < 4.78 is 7.06. The molecule has 258 valence electrons. The van der Waals surface area contributed by atoms with E-state index in [1.807, 2.05) is 0 Å². The van der Waals surface area contributed by atoms with Crippen molar-refractivity contribution < 1.29 is 4.42 Å². The molecule has 55 heavy (non-hydrogen) atoms. The molecule has 0 fully saturated rings. The summed E-state index contributed by atoms with van der Waals surface area (Å²) in [6.45, 7) is -0.0773. The van der Waals surface area contributed by atoms with Gasteiger partial charge in [0.1, 0.15) is 11.3 Å². The zero-order chi connectivity index (χ0) is 36.3. The highest BCUT2D eigenvalue weighted by molar-refractivity contribution is 7.20. The van der Waals surface area contributed by atoms with Crippen molar-refractivity contribution in [2.45, 2.75) is 0 Å². The molecule has 0 saturated carbocycles. The van der Waals surface area contributed by atoms with Crippen LogP contribution in [0.15, 0.2) is 217 Å². The predicted octanol–water partition coefficient (Wildman–Crippen LogP) is 8.52. The molecule has 0 unspecified atom stereocenters. The third-order valence-corrected chi connectivity index (χ3v) is 16.3. The van der Waals surface area contributed by atoms with Crippen LogP contribution in [0.3, 0.4) is 0 Å². The molecule has 0 amide bonds. The fourth-order valence-corrected chi connectivity index (χ4v) is 14.1. The Bertz CT molecular complexity index is 2730. The summed E-state index contributed by atoms with van der Waals surface area (Å²) in [7, 11) is -2.94. The average molecular weight is 719 g/mol. The first-order valence-corrected chi connectivity index (χ1v) is 21.0. The number of para-hydroxylation sites is 2. The van der Waals surface area contributed by atoms with E-state index in [2.05, 4.69) is 222 Å². The summed E-state index contributed by atoms with van der Waals surface area (Å²) in [5.74, 6) is 0.828. The summed E-state index contributed by atoms with van der Waals surface area (Å²) in [6, 6.07) is 77.9. The third-order valence-electron chi connectivity index (χ3n) is 11.6. The molecule has 0 bridgehead atoms. The van der Waals surface area contributed by atoms with E-state index in [1.165, 1.54) is 48.5 Å². The van der Waals surface area contributed by atoms with Crippen LogP contribution in [0.25, 0.3) is 22.1 Å². The standard InChI is InChI=1S/C50H35BN2OSi/c1-6-20-36(21-7-1)51-45-32-18-16-30-42(45)44-34-41(55(38-24-10-3-11-25-38,39-26-12-4-13-27-39)40-28-14-5-15-29-40)35-46-48(44)53(51)49-43-31-17-19-33-47(43)54-50(49)52(46)37-22-8-2-9-23-37/h1-35H. The number of rotatable bonds is 6. The van der Waals surface area contributed by atoms with Gasteiger partial charge in [0.05, 0.1) is 11.4 Å². The highest BCUT2D eigenvalue weighted by Crippen LogP contribution is 2.58. The Morgan fingerprint density at radius 3 is 1.60 bits per heavy atom. The van der Waals surface area contributed by atoms with Crippen LogP contribution in [-0.2, 0) is 0 Å². The number of fused-ring (bicyclic) bond motifs is 6. The maximum Gasteiger partial charge on any atom is 0.329 e. The normalized spacial score (nSPS) is 13.0. The molecule has 8 aromatic carbocycles. The maximum atomic E-state index is 7.06. The second kappa shape index (κ2) is 12.7. The summed E-state index contributed by atoms with van der Waals surface area (Å²) in [5, 5.41) is 6.44. The number of furan rings is 1. The number of anilines is 5. The summed E-state index contributed by atoms with van der Waals surface area (Å²) >= 11 is 0. The molecule has 0 radical (unpaired) electrons. The van der Waals surface area contributed by atoms with E-state index in [9.17, 15) is 0 Å². The zero-order valence-corrected chi connectivity index (χ0v) is 31.1. The van der Waals surface area contributed by atoms with Gasteiger partial charge in [-0.1, -0.05) is 187 Å². The van der Waals surface area contributed by atoms with Crippen molar-refractivity contribution in [1.82, 2.24) is 0 Å². The average Bonchev–Trinajstić information content (AvgIpc) is 3.65. The lowest BCUT2D eigenvalue weighted by molar-refractivity contribution is 0.620. The van der Waals surface area contributed by atoms with E-state index in [0.29, 0.717) is 0 Å². The van der Waals surface area contributed by atoms with Crippen LogP contribution in [0, 0.1) is 0 Å². The Morgan fingerprint density at radius 2 is 0.964 bits per heavy atom. The molecule has 5 heteroatoms. The van der Waals surface area contributed by atoms with E-state index in [0.717, 1.165) is 33.9 Å². The van der Waals surface area contributed by atoms with Crippen LogP contribution in [0.2, 0.25) is 0 Å². The minimum Gasteiger partial charge on any atom is -0.438 e. The molecule has 3 nitrogen and oxygen atoms in total. The van der Waals surface area contributed by atoms with E-state index >= 15 is 0 Å². The van der Waals surface area contributed by atoms with Crippen molar-refractivity contribution in [3.63, 3.8) is 0 Å². The quantitative estimate of drug-likeness (QED) is 0.127. The van der Waals surface area contributed by atoms with Crippen LogP contribution in [0.4, 0.5) is 28.6 Å². The first-order chi connectivity index (χ1) is 27.3. The minimum absolute atomic E-state index is 0.0773. The highest BCUT2D eigenvalue weighted by atomic mass is 28.3. The fraction of sp³-hybridized carbons (Fsp3) is 0. The van der Waals surface area contributed by atoms with Crippen LogP contribution in [-0.4, -0.2) is 14.9 Å². The van der Waals surface area contributed by atoms with Crippen molar-refractivity contribution in [3.8, 4) is 11.1 Å². The first-order valence-electron chi connectivity index (χ1n) is 19.0. The lowest BCUT2D eigenvalue weighted by atomic mass is 9.45. The Labute approximate surface area is 322 Å². The monoisotopic (exact) mass is 718 g/mol. The smallest absolute Gasteiger partial charge is 0.329 e. The van der Waals surface area contributed by atoms with Gasteiger partial charge in [-0.2, -0.15) is 0 Å². The van der Waals surface area contributed by atoms with Gasteiger partial charge in [-0.15, -0.1) is 0 Å². The largest absolute Gasteiger partial charge is 0.438 e. The van der Waals surface area contributed by atoms with Crippen molar-refractivity contribution in [1.29, 1.82) is 0 Å². The Morgan fingerprint density at radius 1 is 0.436 bits per heavy atom. The van der Waals surface area contributed by atoms with Crippen molar-refractivity contribution >= 4 is 86.2 Å². The van der Waals surface area contributed by atoms with Gasteiger partial charge in [0.15, 0.2) is 8.07 Å². The first kappa shape index (κ1) is 31.7. The van der Waals surface area contributed by atoms with Crippen LogP contribution >= 0.6 is 0 Å². The van der Waals surface area contributed by atoms with Crippen molar-refractivity contribution in [3.05, 3.63) is 212 Å². The van der Waals surface area contributed by atoms with Crippen molar-refractivity contribution in [2.75, 3.05) is 9.71 Å². The molecule has 0 saturated heterocycles. The molecule has 0 aliphatic carbocycles. The molecule has 11 rings (SSSR count). The number of hydrogen-bond acceptors (Lipinski definition) is 3. The predicted molar refractivity (Wildman–Crippen MR) is 234 cm³/mol. The summed E-state index contributed by atoms with van der Waals surface area (Å²) in [4.78, 5) is 4.97. The molecular formula is C50H35BN2OSi. The van der Waals surface area contributed by atoms with Crippen LogP contribution in [0.1, 0.15) is 0 Å². The third kappa shape index (κ3) is 4.70. The number of hydrogen-bond donors (Lipinski definition) is 0. The topological polar surface area (TPSA) is 19.6 Å². The molecule has 9 aromatic rings. The Balaban J connectivity index is 1.33. The molecule has 0 spiro atoms. The highest BCUT2D eigenvalue weighted by Gasteiger charge is 2.48. The van der Waals surface area contributed by atoms with Gasteiger partial charge in [-0.25, -0.2) is 0 Å². The molecule has 0 atom stereocenters. The van der Waals surface area contributed by atoms with Gasteiger partial charge >= 0.3 is 6.85 Å². The Hall–Kier alpha value is -6.82. The second-order valence-corrected chi connectivity index (χ2v) is 18.2. The summed E-state index contributed by atoms with van der Waals surface area (Å²) in [6.07, 6.45) is 0. The van der Waals surface area contributed by atoms with Gasteiger partial charge in [-0.3, -0.25) is 4.90 Å². The van der Waals surface area contributed by atoms with Gasteiger partial charge in [-0.05, 0) is 62.1 Å². The molecule has 1 aromatic heterocycles.